The maximum Gasteiger partial charge on any atom is 0.158 e. The van der Waals surface area contributed by atoms with E-state index < -0.39 is 11.6 Å². The van der Waals surface area contributed by atoms with E-state index in [1.54, 1.807) is 11.3 Å². The minimum atomic E-state index is -0.653. The van der Waals surface area contributed by atoms with Crippen molar-refractivity contribution in [2.45, 2.75) is 19.3 Å². The van der Waals surface area contributed by atoms with Crippen LogP contribution in [0.15, 0.2) is 29.6 Å². The lowest BCUT2D eigenvalue weighted by atomic mass is 10.2. The quantitative estimate of drug-likeness (QED) is 0.585. The second-order valence-corrected chi connectivity index (χ2v) is 6.35. The molecule has 1 aromatic carbocycles. The van der Waals surface area contributed by atoms with E-state index in [0.717, 1.165) is 35.7 Å². The van der Waals surface area contributed by atoms with E-state index in [-0.39, 0.29) is 5.56 Å². The Hall–Kier alpha value is -2.41. The van der Waals surface area contributed by atoms with Crippen LogP contribution in [-0.2, 0) is 12.8 Å². The number of nitrogens with one attached hydrogen (secondary N) is 1. The molecule has 7 heteroatoms. The van der Waals surface area contributed by atoms with E-state index in [1.165, 1.54) is 35.0 Å². The van der Waals surface area contributed by atoms with Gasteiger partial charge in [-0.25, -0.2) is 18.7 Å². The molecule has 23 heavy (non-hydrogen) atoms. The van der Waals surface area contributed by atoms with Crippen molar-refractivity contribution in [1.29, 1.82) is 0 Å². The molecule has 0 unspecified atom stereocenters. The fourth-order valence-corrected chi connectivity index (χ4v) is 4.03. The first kappa shape index (κ1) is 14.2. The van der Waals surface area contributed by atoms with Crippen LogP contribution in [-0.4, -0.2) is 16.2 Å². The molecule has 4 nitrogen and oxygen atoms in total. The second kappa shape index (κ2) is 5.66. The van der Waals surface area contributed by atoms with Crippen LogP contribution in [0.1, 0.15) is 22.4 Å². The molecular weight excluding hydrogens is 318 g/mol. The molecule has 1 aliphatic carbocycles. The van der Waals surface area contributed by atoms with Crippen molar-refractivity contribution in [2.24, 2.45) is 5.10 Å². The molecule has 0 atom stereocenters. The number of rotatable bonds is 3. The fraction of sp³-hybridized carbons (Fsp3) is 0.188. The SMILES string of the molecule is Fc1cccc(F)c1/C=N\Nc1ncnc2sc3c(c12)CCC3. The number of fused-ring (bicyclic) bond motifs is 3. The van der Waals surface area contributed by atoms with Gasteiger partial charge in [-0.15, -0.1) is 11.3 Å². The molecule has 0 saturated carbocycles. The Kier molecular flexibility index (Phi) is 3.49. The van der Waals surface area contributed by atoms with Gasteiger partial charge in [0.05, 0.1) is 17.2 Å². The summed E-state index contributed by atoms with van der Waals surface area (Å²) in [5, 5.41) is 4.92. The monoisotopic (exact) mass is 330 g/mol. The smallest absolute Gasteiger partial charge is 0.158 e. The summed E-state index contributed by atoms with van der Waals surface area (Å²) in [5.41, 5.74) is 3.88. The summed E-state index contributed by atoms with van der Waals surface area (Å²) in [6, 6.07) is 3.70. The zero-order valence-electron chi connectivity index (χ0n) is 12.0. The molecule has 0 amide bonds. The van der Waals surface area contributed by atoms with Gasteiger partial charge in [-0.2, -0.15) is 5.10 Å². The van der Waals surface area contributed by atoms with Crippen LogP contribution in [0, 0.1) is 11.6 Å². The summed E-state index contributed by atoms with van der Waals surface area (Å²) in [6.45, 7) is 0. The lowest BCUT2D eigenvalue weighted by Crippen LogP contribution is -1.99. The normalized spacial score (nSPS) is 13.8. The highest BCUT2D eigenvalue weighted by molar-refractivity contribution is 7.19. The van der Waals surface area contributed by atoms with E-state index >= 15 is 0 Å². The summed E-state index contributed by atoms with van der Waals surface area (Å²) in [4.78, 5) is 10.8. The standard InChI is InChI=1S/C16H12F2N4S/c17-11-4-2-5-12(18)10(11)7-21-22-15-14-9-3-1-6-13(9)23-16(14)20-8-19-15/h2,4-5,7-8H,1,3,6H2,(H,19,20,22)/b21-7-. The summed E-state index contributed by atoms with van der Waals surface area (Å²) in [7, 11) is 0. The fourth-order valence-electron chi connectivity index (χ4n) is 2.81. The number of nitrogens with zero attached hydrogens (tertiary/aromatic N) is 3. The van der Waals surface area contributed by atoms with Gasteiger partial charge in [0.15, 0.2) is 5.82 Å². The number of benzene rings is 1. The Morgan fingerprint density at radius 2 is 2.00 bits per heavy atom. The summed E-state index contributed by atoms with van der Waals surface area (Å²) in [6.07, 6.45) is 5.80. The summed E-state index contributed by atoms with van der Waals surface area (Å²) >= 11 is 1.67. The lowest BCUT2D eigenvalue weighted by molar-refractivity contribution is 0.580. The Balaban J connectivity index is 1.67. The number of aromatic nitrogens is 2. The molecule has 0 saturated heterocycles. The maximum atomic E-state index is 13.6. The molecule has 0 fully saturated rings. The molecule has 0 radical (unpaired) electrons. The Morgan fingerprint density at radius 3 is 2.83 bits per heavy atom. The van der Waals surface area contributed by atoms with Crippen molar-refractivity contribution >= 4 is 33.6 Å². The highest BCUT2D eigenvalue weighted by Gasteiger charge is 2.20. The van der Waals surface area contributed by atoms with Crippen LogP contribution in [0.25, 0.3) is 10.2 Å². The zero-order valence-corrected chi connectivity index (χ0v) is 12.8. The highest BCUT2D eigenvalue weighted by atomic mass is 32.1. The number of hydrogen-bond acceptors (Lipinski definition) is 5. The molecule has 0 bridgehead atoms. The van der Waals surface area contributed by atoms with Crippen LogP contribution in [0.4, 0.5) is 14.6 Å². The topological polar surface area (TPSA) is 50.2 Å². The Labute approximate surface area is 134 Å². The molecular formula is C16H12F2N4S. The van der Waals surface area contributed by atoms with Crippen molar-refractivity contribution in [3.8, 4) is 0 Å². The first-order chi connectivity index (χ1) is 11.2. The molecule has 2 heterocycles. The van der Waals surface area contributed by atoms with Crippen molar-refractivity contribution in [1.82, 2.24) is 9.97 Å². The van der Waals surface area contributed by atoms with Gasteiger partial charge < -0.3 is 0 Å². The number of anilines is 1. The van der Waals surface area contributed by atoms with Gasteiger partial charge in [-0.1, -0.05) is 6.07 Å². The summed E-state index contributed by atoms with van der Waals surface area (Å²) < 4.78 is 27.2. The zero-order chi connectivity index (χ0) is 15.8. The van der Waals surface area contributed by atoms with E-state index in [4.69, 9.17) is 0 Å². The van der Waals surface area contributed by atoms with Crippen LogP contribution in [0.3, 0.4) is 0 Å². The van der Waals surface area contributed by atoms with E-state index in [2.05, 4.69) is 20.5 Å². The number of halogens is 2. The van der Waals surface area contributed by atoms with Gasteiger partial charge in [0.1, 0.15) is 22.8 Å². The van der Waals surface area contributed by atoms with Crippen molar-refractivity contribution in [3.05, 3.63) is 52.2 Å². The first-order valence-corrected chi connectivity index (χ1v) is 8.04. The minimum Gasteiger partial charge on any atom is -0.261 e. The van der Waals surface area contributed by atoms with Gasteiger partial charge in [0, 0.05) is 4.88 Å². The third-order valence-corrected chi connectivity index (χ3v) is 5.06. The first-order valence-electron chi connectivity index (χ1n) is 7.22. The molecule has 1 N–H and O–H groups in total. The van der Waals surface area contributed by atoms with Gasteiger partial charge in [0.25, 0.3) is 0 Å². The number of aryl methyl sites for hydroxylation is 2. The van der Waals surface area contributed by atoms with Crippen molar-refractivity contribution in [2.75, 3.05) is 5.43 Å². The van der Waals surface area contributed by atoms with E-state index in [1.807, 2.05) is 0 Å². The predicted molar refractivity (Wildman–Crippen MR) is 87.0 cm³/mol. The Morgan fingerprint density at radius 1 is 1.17 bits per heavy atom. The third-order valence-electron chi connectivity index (χ3n) is 3.87. The van der Waals surface area contributed by atoms with Gasteiger partial charge in [-0.3, -0.25) is 5.43 Å². The number of thiophene rings is 1. The number of hydrazone groups is 1. The third kappa shape index (κ3) is 2.46. The second-order valence-electron chi connectivity index (χ2n) is 5.27. The van der Waals surface area contributed by atoms with Crippen molar-refractivity contribution < 1.29 is 8.78 Å². The largest absolute Gasteiger partial charge is 0.261 e. The average Bonchev–Trinajstić information content (AvgIpc) is 3.11. The molecule has 4 rings (SSSR count). The van der Waals surface area contributed by atoms with Crippen LogP contribution < -0.4 is 5.43 Å². The average molecular weight is 330 g/mol. The number of hydrogen-bond donors (Lipinski definition) is 1. The van der Waals surface area contributed by atoms with Gasteiger partial charge >= 0.3 is 0 Å². The molecule has 3 aromatic rings. The van der Waals surface area contributed by atoms with Crippen molar-refractivity contribution in [3.63, 3.8) is 0 Å². The predicted octanol–water partition coefficient (Wildman–Crippen LogP) is 3.90. The van der Waals surface area contributed by atoms with E-state index in [9.17, 15) is 8.78 Å². The lowest BCUT2D eigenvalue weighted by Gasteiger charge is -2.03. The summed E-state index contributed by atoms with van der Waals surface area (Å²) in [5.74, 6) is -0.734. The molecule has 2 aromatic heterocycles. The van der Waals surface area contributed by atoms with Gasteiger partial charge in [0.2, 0.25) is 0 Å². The van der Waals surface area contributed by atoms with Crippen LogP contribution >= 0.6 is 11.3 Å². The minimum absolute atomic E-state index is 0.180. The van der Waals surface area contributed by atoms with E-state index in [0.29, 0.717) is 5.82 Å². The molecule has 0 spiro atoms. The van der Waals surface area contributed by atoms with Gasteiger partial charge in [-0.05, 0) is 37.0 Å². The maximum absolute atomic E-state index is 13.6. The highest BCUT2D eigenvalue weighted by Crippen LogP contribution is 2.38. The van der Waals surface area contributed by atoms with Crippen LogP contribution in [0.2, 0.25) is 0 Å². The molecule has 0 aliphatic heterocycles. The molecule has 116 valence electrons. The van der Waals surface area contributed by atoms with Crippen LogP contribution in [0.5, 0.6) is 0 Å². The Bertz CT molecular complexity index is 900. The molecule has 1 aliphatic rings.